The Morgan fingerprint density at radius 1 is 0.821 bits per heavy atom. The van der Waals surface area contributed by atoms with Gasteiger partial charge in [0.05, 0.1) is 10.6 Å². The topological polar surface area (TPSA) is 34.4 Å². The maximum Gasteiger partial charge on any atom is 0.279 e. The molecule has 3 nitrogen and oxygen atoms in total. The lowest BCUT2D eigenvalue weighted by molar-refractivity contribution is 0.0997. The van der Waals surface area contributed by atoms with E-state index >= 15 is 0 Å². The van der Waals surface area contributed by atoms with Crippen molar-refractivity contribution in [1.29, 1.82) is 0 Å². The van der Waals surface area contributed by atoms with E-state index in [1.54, 1.807) is 0 Å². The first-order valence-corrected chi connectivity index (χ1v) is 9.92. The molecular formula is C24H20N2OS. The summed E-state index contributed by atoms with van der Waals surface area (Å²) >= 11 is 1.54. The molecule has 0 spiro atoms. The summed E-state index contributed by atoms with van der Waals surface area (Å²) in [6, 6.07) is 28.0. The lowest BCUT2D eigenvalue weighted by Gasteiger charge is -2.07. The Bertz CT molecular complexity index is 1190. The highest BCUT2D eigenvalue weighted by Gasteiger charge is 2.16. The van der Waals surface area contributed by atoms with Crippen molar-refractivity contribution in [2.75, 3.05) is 0 Å². The van der Waals surface area contributed by atoms with Crippen LogP contribution in [0.1, 0.15) is 15.9 Å². The smallest absolute Gasteiger partial charge is 0.279 e. The largest absolute Gasteiger partial charge is 0.319 e. The van der Waals surface area contributed by atoms with Crippen molar-refractivity contribution in [3.63, 3.8) is 0 Å². The number of nitrogens with zero attached hydrogens (tertiary/aromatic N) is 2. The van der Waals surface area contributed by atoms with E-state index in [9.17, 15) is 4.79 Å². The molecule has 1 amide bonds. The lowest BCUT2D eigenvalue weighted by atomic mass is 10.1. The maximum absolute atomic E-state index is 12.8. The molecule has 0 saturated heterocycles. The summed E-state index contributed by atoms with van der Waals surface area (Å²) in [5, 5.41) is 0. The van der Waals surface area contributed by atoms with Gasteiger partial charge in [-0.3, -0.25) is 4.79 Å². The molecule has 0 saturated carbocycles. The van der Waals surface area contributed by atoms with Crippen molar-refractivity contribution in [3.8, 4) is 21.7 Å². The van der Waals surface area contributed by atoms with Crippen LogP contribution in [0, 0.1) is 6.92 Å². The molecule has 0 aliphatic heterocycles. The van der Waals surface area contributed by atoms with E-state index in [-0.39, 0.29) is 5.91 Å². The summed E-state index contributed by atoms with van der Waals surface area (Å²) in [7, 11) is 1.97. The van der Waals surface area contributed by atoms with E-state index in [1.807, 2.05) is 79.2 Å². The van der Waals surface area contributed by atoms with Crippen LogP contribution in [0.5, 0.6) is 0 Å². The van der Waals surface area contributed by atoms with Gasteiger partial charge >= 0.3 is 0 Å². The zero-order valence-corrected chi connectivity index (χ0v) is 16.6. The average Bonchev–Trinajstić information content (AvgIpc) is 3.05. The van der Waals surface area contributed by atoms with Crippen LogP contribution in [-0.2, 0) is 7.05 Å². The first kappa shape index (κ1) is 18.1. The lowest BCUT2D eigenvalue weighted by Crippen LogP contribution is -2.14. The highest BCUT2D eigenvalue weighted by atomic mass is 32.1. The summed E-state index contributed by atoms with van der Waals surface area (Å²) in [6.07, 6.45) is 0. The second-order valence-electron chi connectivity index (χ2n) is 6.59. The second kappa shape index (κ2) is 7.79. The Labute approximate surface area is 168 Å². The molecule has 0 aliphatic rings. The van der Waals surface area contributed by atoms with Crippen LogP contribution >= 0.6 is 11.3 Å². The van der Waals surface area contributed by atoms with E-state index < -0.39 is 0 Å². The van der Waals surface area contributed by atoms with E-state index in [2.05, 4.69) is 29.3 Å². The van der Waals surface area contributed by atoms with Crippen LogP contribution in [0.2, 0.25) is 0 Å². The van der Waals surface area contributed by atoms with Gasteiger partial charge in [0.15, 0.2) is 4.80 Å². The molecule has 0 fully saturated rings. The zero-order chi connectivity index (χ0) is 19.5. The number of carbonyl (C=O) groups excluding carboxylic acids is 1. The molecule has 28 heavy (non-hydrogen) atoms. The summed E-state index contributed by atoms with van der Waals surface area (Å²) in [5.74, 6) is -0.214. The minimum atomic E-state index is -0.214. The Kier molecular flexibility index (Phi) is 5.04. The van der Waals surface area contributed by atoms with Crippen molar-refractivity contribution in [3.05, 3.63) is 101 Å². The van der Waals surface area contributed by atoms with Crippen molar-refractivity contribution in [1.82, 2.24) is 4.57 Å². The highest BCUT2D eigenvalue weighted by Crippen LogP contribution is 2.34. The summed E-state index contributed by atoms with van der Waals surface area (Å²) in [5.41, 5.74) is 4.85. The van der Waals surface area contributed by atoms with Gasteiger partial charge < -0.3 is 4.57 Å². The van der Waals surface area contributed by atoms with Gasteiger partial charge in [-0.05, 0) is 29.7 Å². The molecule has 0 N–H and O–H groups in total. The molecule has 1 heterocycles. The van der Waals surface area contributed by atoms with Crippen LogP contribution in [0.25, 0.3) is 21.7 Å². The van der Waals surface area contributed by atoms with E-state index in [0.29, 0.717) is 10.4 Å². The van der Waals surface area contributed by atoms with Gasteiger partial charge in [-0.1, -0.05) is 90.2 Å². The van der Waals surface area contributed by atoms with E-state index in [4.69, 9.17) is 0 Å². The molecule has 4 aromatic rings. The zero-order valence-electron chi connectivity index (χ0n) is 15.8. The highest BCUT2D eigenvalue weighted by molar-refractivity contribution is 7.13. The van der Waals surface area contributed by atoms with Gasteiger partial charge in [0.1, 0.15) is 0 Å². The fraction of sp³-hybridized carbons (Fsp3) is 0.0833. The molecule has 0 radical (unpaired) electrons. The molecule has 0 atom stereocenters. The standard InChI is InChI=1S/C24H20N2OS/c1-17-11-9-10-16-20(17)23(27)25-24-26(2)21(18-12-5-3-6-13-18)22(28-24)19-14-7-4-8-15-19/h3-16H,1-2H3. The van der Waals surface area contributed by atoms with Gasteiger partial charge in [-0.25, -0.2) is 0 Å². The summed E-state index contributed by atoms with van der Waals surface area (Å²) < 4.78 is 2.01. The minimum absolute atomic E-state index is 0.214. The fourth-order valence-corrected chi connectivity index (χ4v) is 4.36. The number of carbonyl (C=O) groups is 1. The Hall–Kier alpha value is -3.24. The summed E-state index contributed by atoms with van der Waals surface area (Å²) in [6.45, 7) is 1.93. The predicted octanol–water partition coefficient (Wildman–Crippen LogP) is 5.47. The van der Waals surface area contributed by atoms with Crippen LogP contribution in [0.4, 0.5) is 0 Å². The number of hydrogen-bond donors (Lipinski definition) is 0. The molecule has 0 bridgehead atoms. The monoisotopic (exact) mass is 384 g/mol. The minimum Gasteiger partial charge on any atom is -0.319 e. The number of thiazole rings is 1. The number of rotatable bonds is 3. The SMILES string of the molecule is Cc1ccccc1C(=O)N=c1sc(-c2ccccc2)c(-c2ccccc2)n1C. The second-order valence-corrected chi connectivity index (χ2v) is 7.56. The van der Waals surface area contributed by atoms with Gasteiger partial charge in [-0.2, -0.15) is 4.99 Å². The Morgan fingerprint density at radius 3 is 2.04 bits per heavy atom. The van der Waals surface area contributed by atoms with Crippen LogP contribution in [0.15, 0.2) is 89.9 Å². The van der Waals surface area contributed by atoms with Gasteiger partial charge in [0.25, 0.3) is 5.91 Å². The number of aromatic nitrogens is 1. The van der Waals surface area contributed by atoms with Crippen molar-refractivity contribution >= 4 is 17.2 Å². The predicted molar refractivity (Wildman–Crippen MR) is 115 cm³/mol. The number of aryl methyl sites for hydroxylation is 1. The first-order chi connectivity index (χ1) is 13.6. The van der Waals surface area contributed by atoms with Gasteiger partial charge in [0.2, 0.25) is 0 Å². The van der Waals surface area contributed by atoms with Crippen molar-refractivity contribution < 1.29 is 4.79 Å². The van der Waals surface area contributed by atoms with Crippen molar-refractivity contribution in [2.24, 2.45) is 12.0 Å². The quantitative estimate of drug-likeness (QED) is 0.461. The molecule has 4 rings (SSSR count). The number of hydrogen-bond acceptors (Lipinski definition) is 2. The molecule has 0 unspecified atom stereocenters. The molecule has 138 valence electrons. The molecule has 1 aromatic heterocycles. The molecule has 3 aromatic carbocycles. The molecule has 4 heteroatoms. The summed E-state index contributed by atoms with van der Waals surface area (Å²) in [4.78, 5) is 19.1. The fourth-order valence-electron chi connectivity index (χ4n) is 3.22. The third-order valence-electron chi connectivity index (χ3n) is 4.69. The Balaban J connectivity index is 1.92. The molecule has 0 aliphatic carbocycles. The third-order valence-corrected chi connectivity index (χ3v) is 5.87. The number of amides is 1. The van der Waals surface area contributed by atoms with E-state index in [0.717, 1.165) is 27.3 Å². The van der Waals surface area contributed by atoms with Crippen molar-refractivity contribution in [2.45, 2.75) is 6.92 Å². The molecular weight excluding hydrogens is 364 g/mol. The van der Waals surface area contributed by atoms with Crippen LogP contribution in [-0.4, -0.2) is 10.5 Å². The first-order valence-electron chi connectivity index (χ1n) is 9.10. The Morgan fingerprint density at radius 2 is 1.39 bits per heavy atom. The average molecular weight is 385 g/mol. The number of benzene rings is 3. The van der Waals surface area contributed by atoms with Crippen LogP contribution < -0.4 is 4.80 Å². The third kappa shape index (κ3) is 3.47. The van der Waals surface area contributed by atoms with Gasteiger partial charge in [-0.15, -0.1) is 0 Å². The van der Waals surface area contributed by atoms with E-state index in [1.165, 1.54) is 11.3 Å². The van der Waals surface area contributed by atoms with Gasteiger partial charge in [0, 0.05) is 12.6 Å². The normalized spacial score (nSPS) is 11.6. The maximum atomic E-state index is 12.8. The van der Waals surface area contributed by atoms with Crippen LogP contribution in [0.3, 0.4) is 0 Å².